The fourth-order valence-corrected chi connectivity index (χ4v) is 2.05. The smallest absolute Gasteiger partial charge is 0.218 e. The summed E-state index contributed by atoms with van der Waals surface area (Å²) in [6, 6.07) is 13.5. The lowest BCUT2D eigenvalue weighted by atomic mass is 10.1. The van der Waals surface area contributed by atoms with E-state index in [2.05, 4.69) is 16.4 Å². The molecule has 0 saturated carbocycles. The summed E-state index contributed by atoms with van der Waals surface area (Å²) in [5, 5.41) is 12.1. The molecular weight excluding hydrogens is 238 g/mol. The first-order chi connectivity index (χ1) is 9.36. The maximum atomic E-state index is 8.80. The van der Waals surface area contributed by atoms with Crippen LogP contribution in [0, 0.1) is 11.3 Å². The van der Waals surface area contributed by atoms with Gasteiger partial charge in [0.25, 0.3) is 0 Å². The molecule has 1 aromatic heterocycles. The Kier molecular flexibility index (Phi) is 3.13. The largest absolute Gasteiger partial charge is 0.476 e. The van der Waals surface area contributed by atoms with Crippen LogP contribution in [-0.4, -0.2) is 18.1 Å². The van der Waals surface area contributed by atoms with Gasteiger partial charge in [0.15, 0.2) is 0 Å². The van der Waals surface area contributed by atoms with Gasteiger partial charge in [-0.15, -0.1) is 0 Å². The number of nitriles is 1. The van der Waals surface area contributed by atoms with E-state index in [1.807, 2.05) is 24.3 Å². The fraction of sp³-hybridized carbons (Fsp3) is 0.200. The maximum Gasteiger partial charge on any atom is 0.218 e. The monoisotopic (exact) mass is 251 g/mol. The molecule has 1 N–H and O–H groups in total. The Bertz CT molecular complexity index is 629. The molecule has 19 heavy (non-hydrogen) atoms. The van der Waals surface area contributed by atoms with E-state index in [-0.39, 0.29) is 0 Å². The lowest BCUT2D eigenvalue weighted by Gasteiger charge is -2.08. The topological polar surface area (TPSA) is 57.9 Å². The second-order valence-electron chi connectivity index (χ2n) is 4.38. The van der Waals surface area contributed by atoms with Crippen molar-refractivity contribution in [2.75, 3.05) is 13.2 Å². The number of hydrogen-bond acceptors (Lipinski definition) is 4. The van der Waals surface area contributed by atoms with Crippen LogP contribution >= 0.6 is 0 Å². The van der Waals surface area contributed by atoms with Crippen LogP contribution in [0.25, 0.3) is 11.3 Å². The molecule has 0 spiro atoms. The number of nitrogens with zero attached hydrogens (tertiary/aromatic N) is 2. The summed E-state index contributed by atoms with van der Waals surface area (Å²) >= 11 is 0. The van der Waals surface area contributed by atoms with Crippen molar-refractivity contribution in [3.63, 3.8) is 0 Å². The van der Waals surface area contributed by atoms with Gasteiger partial charge in [-0.3, -0.25) is 0 Å². The molecule has 0 saturated heterocycles. The maximum absolute atomic E-state index is 8.80. The van der Waals surface area contributed by atoms with E-state index in [9.17, 15) is 0 Å². The summed E-state index contributed by atoms with van der Waals surface area (Å²) in [5.41, 5.74) is 3.58. The zero-order valence-corrected chi connectivity index (χ0v) is 10.4. The van der Waals surface area contributed by atoms with Gasteiger partial charge in [0.1, 0.15) is 6.61 Å². The molecule has 4 nitrogen and oxygen atoms in total. The third kappa shape index (κ3) is 2.42. The third-order valence-corrected chi connectivity index (χ3v) is 3.08. The molecule has 4 heteroatoms. The summed E-state index contributed by atoms with van der Waals surface area (Å²) in [7, 11) is 0. The molecule has 1 aliphatic rings. The van der Waals surface area contributed by atoms with Crippen molar-refractivity contribution >= 4 is 0 Å². The number of fused-ring (bicyclic) bond motifs is 1. The SMILES string of the molecule is N#Cc1ccc(-c2ccc3c(n2)OCCNC3)cc1. The molecular formula is C15H13N3O. The normalized spacial score (nSPS) is 13.8. The standard InChI is InChI=1S/C15H13N3O/c16-9-11-1-3-12(4-2-11)14-6-5-13-10-17-7-8-19-15(13)18-14/h1-6,17H,7-8,10H2. The number of benzene rings is 1. The molecule has 0 unspecified atom stereocenters. The van der Waals surface area contributed by atoms with E-state index in [1.54, 1.807) is 12.1 Å². The zero-order valence-electron chi connectivity index (χ0n) is 10.4. The fourth-order valence-electron chi connectivity index (χ4n) is 2.05. The minimum atomic E-state index is 0.636. The van der Waals surface area contributed by atoms with Gasteiger partial charge in [0.2, 0.25) is 5.88 Å². The molecule has 3 rings (SSSR count). The number of nitrogens with one attached hydrogen (secondary N) is 1. The Morgan fingerprint density at radius 3 is 2.79 bits per heavy atom. The summed E-state index contributed by atoms with van der Waals surface area (Å²) in [4.78, 5) is 4.55. The van der Waals surface area contributed by atoms with E-state index in [1.165, 1.54) is 0 Å². The molecule has 0 fully saturated rings. The number of aromatic nitrogens is 1. The van der Waals surface area contributed by atoms with Crippen LogP contribution in [0.2, 0.25) is 0 Å². The third-order valence-electron chi connectivity index (χ3n) is 3.08. The van der Waals surface area contributed by atoms with Crippen LogP contribution in [-0.2, 0) is 6.54 Å². The lowest BCUT2D eigenvalue weighted by molar-refractivity contribution is 0.314. The summed E-state index contributed by atoms with van der Waals surface area (Å²) in [5.74, 6) is 0.701. The second-order valence-corrected chi connectivity index (χ2v) is 4.38. The second kappa shape index (κ2) is 5.09. The van der Waals surface area contributed by atoms with Crippen molar-refractivity contribution in [3.05, 3.63) is 47.5 Å². The molecule has 1 aliphatic heterocycles. The zero-order chi connectivity index (χ0) is 13.1. The van der Waals surface area contributed by atoms with Gasteiger partial charge in [-0.25, -0.2) is 4.98 Å². The van der Waals surface area contributed by atoms with Crippen molar-refractivity contribution < 1.29 is 4.74 Å². The van der Waals surface area contributed by atoms with Crippen LogP contribution in [0.5, 0.6) is 5.88 Å². The van der Waals surface area contributed by atoms with E-state index >= 15 is 0 Å². The molecule has 0 aliphatic carbocycles. The molecule has 0 atom stereocenters. The van der Waals surface area contributed by atoms with Gasteiger partial charge in [-0.1, -0.05) is 18.2 Å². The van der Waals surface area contributed by atoms with Gasteiger partial charge < -0.3 is 10.1 Å². The summed E-state index contributed by atoms with van der Waals surface area (Å²) in [6.07, 6.45) is 0. The van der Waals surface area contributed by atoms with E-state index in [0.717, 1.165) is 29.9 Å². The van der Waals surface area contributed by atoms with Crippen LogP contribution < -0.4 is 10.1 Å². The molecule has 0 bridgehead atoms. The Labute approximate surface area is 111 Å². The van der Waals surface area contributed by atoms with Crippen molar-refractivity contribution in [3.8, 4) is 23.2 Å². The summed E-state index contributed by atoms with van der Waals surface area (Å²) in [6.45, 7) is 2.26. The van der Waals surface area contributed by atoms with Gasteiger partial charge in [0.05, 0.1) is 17.3 Å². The number of rotatable bonds is 1. The first-order valence-electron chi connectivity index (χ1n) is 6.21. The van der Waals surface area contributed by atoms with E-state index in [0.29, 0.717) is 18.1 Å². The molecule has 1 aromatic carbocycles. The van der Waals surface area contributed by atoms with Crippen molar-refractivity contribution in [1.29, 1.82) is 5.26 Å². The Morgan fingerprint density at radius 2 is 2.00 bits per heavy atom. The van der Waals surface area contributed by atoms with Crippen LogP contribution in [0.1, 0.15) is 11.1 Å². The first-order valence-corrected chi connectivity index (χ1v) is 6.21. The molecule has 0 radical (unpaired) electrons. The summed E-state index contributed by atoms with van der Waals surface area (Å²) < 4.78 is 5.63. The van der Waals surface area contributed by atoms with E-state index < -0.39 is 0 Å². The van der Waals surface area contributed by atoms with Gasteiger partial charge >= 0.3 is 0 Å². The first kappa shape index (κ1) is 11.7. The quantitative estimate of drug-likeness (QED) is 0.843. The molecule has 2 heterocycles. The highest BCUT2D eigenvalue weighted by molar-refractivity contribution is 5.61. The molecule has 0 amide bonds. The van der Waals surface area contributed by atoms with Gasteiger partial charge in [-0.2, -0.15) is 5.26 Å². The van der Waals surface area contributed by atoms with Crippen LogP contribution in [0.15, 0.2) is 36.4 Å². The average Bonchev–Trinajstić information content (AvgIpc) is 2.72. The number of pyridine rings is 1. The van der Waals surface area contributed by atoms with E-state index in [4.69, 9.17) is 10.00 Å². The predicted molar refractivity (Wildman–Crippen MR) is 71.6 cm³/mol. The Morgan fingerprint density at radius 1 is 1.16 bits per heavy atom. The van der Waals surface area contributed by atoms with Gasteiger partial charge in [0, 0.05) is 24.2 Å². The highest BCUT2D eigenvalue weighted by Crippen LogP contribution is 2.24. The molecule has 94 valence electrons. The van der Waals surface area contributed by atoms with Crippen molar-refractivity contribution in [2.45, 2.75) is 6.54 Å². The average molecular weight is 251 g/mol. The lowest BCUT2D eigenvalue weighted by Crippen LogP contribution is -2.16. The number of hydrogen-bond donors (Lipinski definition) is 1. The van der Waals surface area contributed by atoms with Crippen molar-refractivity contribution in [2.24, 2.45) is 0 Å². The minimum absolute atomic E-state index is 0.636. The molecule has 2 aromatic rings. The number of ether oxygens (including phenoxy) is 1. The van der Waals surface area contributed by atoms with Crippen LogP contribution in [0.3, 0.4) is 0 Å². The highest BCUT2D eigenvalue weighted by Gasteiger charge is 2.11. The van der Waals surface area contributed by atoms with Gasteiger partial charge in [-0.05, 0) is 18.2 Å². The highest BCUT2D eigenvalue weighted by atomic mass is 16.5. The van der Waals surface area contributed by atoms with Crippen LogP contribution in [0.4, 0.5) is 0 Å². The Hall–Kier alpha value is -2.38. The predicted octanol–water partition coefficient (Wildman–Crippen LogP) is 2.10. The van der Waals surface area contributed by atoms with Crippen molar-refractivity contribution in [1.82, 2.24) is 10.3 Å². The Balaban J connectivity index is 1.96. The minimum Gasteiger partial charge on any atom is -0.476 e.